The molecule has 128 valence electrons. The van der Waals surface area contributed by atoms with Crippen molar-refractivity contribution >= 4 is 23.6 Å². The first kappa shape index (κ1) is 17.5. The van der Waals surface area contributed by atoms with E-state index in [1.807, 2.05) is 0 Å². The molecule has 7 nitrogen and oxygen atoms in total. The number of anilines is 1. The molecule has 24 heavy (non-hydrogen) atoms. The lowest BCUT2D eigenvalue weighted by atomic mass is 10.1. The van der Waals surface area contributed by atoms with Gasteiger partial charge in [-0.3, -0.25) is 0 Å². The molecule has 0 aromatic heterocycles. The summed E-state index contributed by atoms with van der Waals surface area (Å²) in [4.78, 5) is 35.5. The van der Waals surface area contributed by atoms with E-state index in [2.05, 4.69) is 10.1 Å². The number of nitrogens with one attached hydrogen (secondary N) is 1. The van der Waals surface area contributed by atoms with Crippen LogP contribution in [0.25, 0.3) is 0 Å². The zero-order valence-electron chi connectivity index (χ0n) is 13.8. The summed E-state index contributed by atoms with van der Waals surface area (Å²) in [7, 11) is 1.30. The first-order valence-corrected chi connectivity index (χ1v) is 7.56. The van der Waals surface area contributed by atoms with E-state index in [0.29, 0.717) is 24.1 Å². The van der Waals surface area contributed by atoms with Gasteiger partial charge >= 0.3 is 17.9 Å². The average molecular weight is 333 g/mol. The van der Waals surface area contributed by atoms with Crippen LogP contribution in [-0.2, 0) is 23.8 Å². The van der Waals surface area contributed by atoms with Crippen LogP contribution in [0, 0.1) is 0 Å². The van der Waals surface area contributed by atoms with Gasteiger partial charge in [0.2, 0.25) is 0 Å². The van der Waals surface area contributed by atoms with Gasteiger partial charge in [-0.1, -0.05) is 13.8 Å². The Balaban J connectivity index is 2.10. The van der Waals surface area contributed by atoms with E-state index in [9.17, 15) is 14.4 Å². The van der Waals surface area contributed by atoms with Crippen molar-refractivity contribution in [2.45, 2.75) is 32.5 Å². The van der Waals surface area contributed by atoms with Gasteiger partial charge in [-0.2, -0.15) is 0 Å². The molecule has 1 aliphatic heterocycles. The molecule has 1 aromatic carbocycles. The maximum Gasteiger partial charge on any atom is 0.350 e. The fraction of sp³-hybridized carbons (Fsp3) is 0.353. The second-order valence-electron chi connectivity index (χ2n) is 5.17. The van der Waals surface area contributed by atoms with Gasteiger partial charge < -0.3 is 19.5 Å². The number of hydrogen-bond acceptors (Lipinski definition) is 7. The number of carbonyl (C=O) groups is 3. The zero-order chi connectivity index (χ0) is 17.7. The molecule has 1 saturated heterocycles. The Morgan fingerprint density at radius 1 is 1.12 bits per heavy atom. The van der Waals surface area contributed by atoms with E-state index in [1.165, 1.54) is 13.3 Å². The fourth-order valence-corrected chi connectivity index (χ4v) is 2.18. The minimum Gasteiger partial charge on any atom is -0.465 e. The largest absolute Gasteiger partial charge is 0.465 e. The molecule has 0 bridgehead atoms. The molecule has 0 spiro atoms. The standard InChI is InChI=1S/C17H19NO6/c1-4-17(5-2)23-15(20)13(16(21)24-17)10-18-12-8-6-11(7-9-12)14(19)22-3/h6-10,18H,4-5H2,1-3H3. The summed E-state index contributed by atoms with van der Waals surface area (Å²) in [5.41, 5.74) is 0.756. The van der Waals surface area contributed by atoms with Crippen molar-refractivity contribution in [3.8, 4) is 0 Å². The van der Waals surface area contributed by atoms with Crippen LogP contribution in [0.2, 0.25) is 0 Å². The first-order valence-electron chi connectivity index (χ1n) is 7.56. The summed E-state index contributed by atoms with van der Waals surface area (Å²) in [6.07, 6.45) is 2.00. The molecule has 2 rings (SSSR count). The van der Waals surface area contributed by atoms with Crippen LogP contribution in [0.5, 0.6) is 0 Å². The summed E-state index contributed by atoms with van der Waals surface area (Å²) in [6.45, 7) is 3.56. The van der Waals surface area contributed by atoms with E-state index < -0.39 is 23.7 Å². The zero-order valence-corrected chi connectivity index (χ0v) is 13.8. The van der Waals surface area contributed by atoms with Crippen LogP contribution in [0.15, 0.2) is 36.0 Å². The maximum absolute atomic E-state index is 12.0. The van der Waals surface area contributed by atoms with Crippen molar-refractivity contribution in [2.24, 2.45) is 0 Å². The van der Waals surface area contributed by atoms with Crippen molar-refractivity contribution in [3.05, 3.63) is 41.6 Å². The van der Waals surface area contributed by atoms with Crippen LogP contribution >= 0.6 is 0 Å². The monoisotopic (exact) mass is 333 g/mol. The molecule has 1 fully saturated rings. The highest BCUT2D eigenvalue weighted by molar-refractivity contribution is 6.15. The molecule has 1 heterocycles. The molecule has 1 aromatic rings. The Bertz CT molecular complexity index is 651. The number of esters is 3. The first-order chi connectivity index (χ1) is 11.4. The number of methoxy groups -OCH3 is 1. The number of benzene rings is 1. The molecule has 0 saturated carbocycles. The number of carbonyl (C=O) groups excluding carboxylic acids is 3. The summed E-state index contributed by atoms with van der Waals surface area (Å²) in [5, 5.41) is 2.81. The van der Waals surface area contributed by atoms with Crippen molar-refractivity contribution in [1.29, 1.82) is 0 Å². The van der Waals surface area contributed by atoms with Crippen LogP contribution in [0.3, 0.4) is 0 Å². The smallest absolute Gasteiger partial charge is 0.350 e. The van der Waals surface area contributed by atoms with Crippen LogP contribution in [0.1, 0.15) is 37.0 Å². The molecule has 0 amide bonds. The Hall–Kier alpha value is -2.83. The second kappa shape index (κ2) is 7.16. The summed E-state index contributed by atoms with van der Waals surface area (Å²) in [6, 6.07) is 6.35. The third-order valence-electron chi connectivity index (χ3n) is 3.76. The molecule has 0 unspecified atom stereocenters. The van der Waals surface area contributed by atoms with Crippen molar-refractivity contribution in [3.63, 3.8) is 0 Å². The van der Waals surface area contributed by atoms with E-state index in [1.54, 1.807) is 38.1 Å². The molecular formula is C17H19NO6. The topological polar surface area (TPSA) is 90.9 Å². The molecular weight excluding hydrogens is 314 g/mol. The van der Waals surface area contributed by atoms with Crippen LogP contribution < -0.4 is 5.32 Å². The minimum atomic E-state index is -1.19. The maximum atomic E-state index is 12.0. The van der Waals surface area contributed by atoms with E-state index >= 15 is 0 Å². The fourth-order valence-electron chi connectivity index (χ4n) is 2.18. The lowest BCUT2D eigenvalue weighted by Gasteiger charge is -2.34. The van der Waals surface area contributed by atoms with Gasteiger partial charge in [-0.15, -0.1) is 0 Å². The predicted molar refractivity (Wildman–Crippen MR) is 85.0 cm³/mol. The SMILES string of the molecule is CCC1(CC)OC(=O)C(=CNc2ccc(C(=O)OC)cc2)C(=O)O1. The highest BCUT2D eigenvalue weighted by Crippen LogP contribution is 2.29. The van der Waals surface area contributed by atoms with Gasteiger partial charge in [0.25, 0.3) is 5.79 Å². The number of cyclic esters (lactones) is 2. The number of hydrogen-bond donors (Lipinski definition) is 1. The molecule has 1 aliphatic rings. The molecule has 1 N–H and O–H groups in total. The lowest BCUT2D eigenvalue weighted by Crippen LogP contribution is -2.45. The van der Waals surface area contributed by atoms with E-state index in [4.69, 9.17) is 9.47 Å². The third kappa shape index (κ3) is 3.56. The summed E-state index contributed by atoms with van der Waals surface area (Å²) < 4.78 is 15.1. The molecule has 0 radical (unpaired) electrons. The molecule has 7 heteroatoms. The number of ether oxygens (including phenoxy) is 3. The quantitative estimate of drug-likeness (QED) is 0.502. The summed E-state index contributed by atoms with van der Waals surface area (Å²) >= 11 is 0. The predicted octanol–water partition coefficient (Wildman–Crippen LogP) is 2.39. The van der Waals surface area contributed by atoms with Gasteiger partial charge in [0.15, 0.2) is 5.57 Å². The van der Waals surface area contributed by atoms with Crippen molar-refractivity contribution in [2.75, 3.05) is 12.4 Å². The average Bonchev–Trinajstić information content (AvgIpc) is 2.60. The van der Waals surface area contributed by atoms with Gasteiger partial charge in [0, 0.05) is 24.7 Å². The third-order valence-corrected chi connectivity index (χ3v) is 3.76. The Kier molecular flexibility index (Phi) is 5.23. The lowest BCUT2D eigenvalue weighted by molar-refractivity contribution is -0.237. The summed E-state index contributed by atoms with van der Waals surface area (Å²) in [5.74, 6) is -3.09. The minimum absolute atomic E-state index is 0.218. The van der Waals surface area contributed by atoms with Gasteiger partial charge in [0.1, 0.15) is 0 Å². The van der Waals surface area contributed by atoms with Gasteiger partial charge in [-0.25, -0.2) is 14.4 Å². The Morgan fingerprint density at radius 3 is 2.12 bits per heavy atom. The number of rotatable bonds is 5. The highest BCUT2D eigenvalue weighted by Gasteiger charge is 2.43. The Labute approximate surface area is 139 Å². The second-order valence-corrected chi connectivity index (χ2v) is 5.17. The molecule has 0 aliphatic carbocycles. The highest BCUT2D eigenvalue weighted by atomic mass is 16.7. The van der Waals surface area contributed by atoms with Gasteiger partial charge in [0.05, 0.1) is 12.7 Å². The van der Waals surface area contributed by atoms with E-state index in [-0.39, 0.29) is 5.57 Å². The van der Waals surface area contributed by atoms with Crippen molar-refractivity contribution in [1.82, 2.24) is 0 Å². The van der Waals surface area contributed by atoms with Gasteiger partial charge in [-0.05, 0) is 24.3 Å². The Morgan fingerprint density at radius 2 is 1.67 bits per heavy atom. The normalized spacial score (nSPS) is 16.0. The molecule has 0 atom stereocenters. The van der Waals surface area contributed by atoms with E-state index in [0.717, 1.165) is 0 Å². The van der Waals surface area contributed by atoms with Crippen molar-refractivity contribution < 1.29 is 28.6 Å². The van der Waals surface area contributed by atoms with Crippen LogP contribution in [-0.4, -0.2) is 30.8 Å². The van der Waals surface area contributed by atoms with Crippen LogP contribution in [0.4, 0.5) is 5.69 Å².